The number of methoxy groups -OCH3 is 1. The molecule has 0 bridgehead atoms. The lowest BCUT2D eigenvalue weighted by molar-refractivity contribution is -0.384. The minimum atomic E-state index is -0.633. The predicted molar refractivity (Wildman–Crippen MR) is 73.1 cm³/mol. The lowest BCUT2D eigenvalue weighted by Crippen LogP contribution is -1.99. The Morgan fingerprint density at radius 3 is 2.62 bits per heavy atom. The second-order valence-corrected chi connectivity index (χ2v) is 3.92. The van der Waals surface area contributed by atoms with Gasteiger partial charge in [-0.2, -0.15) is 10.2 Å². The molecule has 1 heterocycles. The summed E-state index contributed by atoms with van der Waals surface area (Å²) in [5.74, 6) is 0.585. The monoisotopic (exact) mass is 286 g/mol. The number of pyridine rings is 1. The first-order valence-corrected chi connectivity index (χ1v) is 5.71. The number of nitro groups is 1. The van der Waals surface area contributed by atoms with Crippen LogP contribution in [-0.4, -0.2) is 17.0 Å². The number of nitrogens with two attached hydrogens (primary N) is 1. The second kappa shape index (κ2) is 5.75. The number of anilines is 1. The SMILES string of the molecule is COc1cc(C#N)cc(Oc2ccc([N+](=O)[O-])c(N)n2)c1. The van der Waals surface area contributed by atoms with Gasteiger partial charge in [0.15, 0.2) is 0 Å². The molecule has 0 atom stereocenters. The molecule has 0 aliphatic heterocycles. The standard InChI is InChI=1S/C13H10N4O4/c1-20-9-4-8(7-14)5-10(6-9)21-12-3-2-11(17(18)19)13(15)16-12/h2-6H,1H3,(H2,15,16). The van der Waals surface area contributed by atoms with Crippen LogP contribution in [0.5, 0.6) is 17.4 Å². The molecule has 0 saturated heterocycles. The fraction of sp³-hybridized carbons (Fsp3) is 0.0769. The number of hydrogen-bond donors (Lipinski definition) is 1. The topological polar surface area (TPSA) is 124 Å². The molecule has 0 spiro atoms. The first-order chi connectivity index (χ1) is 10.0. The Kier molecular flexibility index (Phi) is 3.85. The van der Waals surface area contributed by atoms with Crippen LogP contribution >= 0.6 is 0 Å². The van der Waals surface area contributed by atoms with Crippen molar-refractivity contribution in [3.05, 3.63) is 46.0 Å². The molecule has 2 aromatic rings. The summed E-state index contributed by atoms with van der Waals surface area (Å²) >= 11 is 0. The van der Waals surface area contributed by atoms with Gasteiger partial charge in [0.2, 0.25) is 11.7 Å². The highest BCUT2D eigenvalue weighted by Gasteiger charge is 2.14. The number of nitrogens with zero attached hydrogens (tertiary/aromatic N) is 3. The van der Waals surface area contributed by atoms with Crippen LogP contribution in [0.3, 0.4) is 0 Å². The van der Waals surface area contributed by atoms with Crippen LogP contribution in [0, 0.1) is 21.4 Å². The summed E-state index contributed by atoms with van der Waals surface area (Å²) in [6, 6.07) is 9.08. The number of rotatable bonds is 4. The molecule has 0 fully saturated rings. The van der Waals surface area contributed by atoms with E-state index in [1.165, 1.54) is 25.3 Å². The lowest BCUT2D eigenvalue weighted by Gasteiger charge is -2.07. The maximum atomic E-state index is 10.7. The van der Waals surface area contributed by atoms with E-state index in [0.29, 0.717) is 17.1 Å². The van der Waals surface area contributed by atoms with Crippen LogP contribution in [0.1, 0.15) is 5.56 Å². The summed E-state index contributed by atoms with van der Waals surface area (Å²) in [6.45, 7) is 0. The van der Waals surface area contributed by atoms with Crippen LogP contribution in [0.4, 0.5) is 11.5 Å². The van der Waals surface area contributed by atoms with Crippen LogP contribution in [0.25, 0.3) is 0 Å². The number of aromatic nitrogens is 1. The first-order valence-electron chi connectivity index (χ1n) is 5.71. The number of hydrogen-bond acceptors (Lipinski definition) is 7. The Labute approximate surface area is 119 Å². The molecule has 8 heteroatoms. The van der Waals surface area contributed by atoms with Crippen molar-refractivity contribution in [3.63, 3.8) is 0 Å². The highest BCUT2D eigenvalue weighted by molar-refractivity contribution is 5.54. The van der Waals surface area contributed by atoms with Gasteiger partial charge in [0.05, 0.1) is 23.7 Å². The Bertz CT molecular complexity index is 739. The zero-order valence-corrected chi connectivity index (χ0v) is 10.9. The van der Waals surface area contributed by atoms with E-state index >= 15 is 0 Å². The van der Waals surface area contributed by atoms with Crippen molar-refractivity contribution in [1.29, 1.82) is 5.26 Å². The number of nitrogen functional groups attached to an aromatic ring is 1. The molecule has 0 saturated carbocycles. The summed E-state index contributed by atoms with van der Waals surface area (Å²) in [6.07, 6.45) is 0. The average Bonchev–Trinajstić information content (AvgIpc) is 2.46. The highest BCUT2D eigenvalue weighted by Crippen LogP contribution is 2.28. The van der Waals surface area contributed by atoms with Crippen molar-refractivity contribution >= 4 is 11.5 Å². The van der Waals surface area contributed by atoms with Crippen molar-refractivity contribution in [2.45, 2.75) is 0 Å². The molecule has 2 rings (SSSR count). The largest absolute Gasteiger partial charge is 0.497 e. The molecule has 0 amide bonds. The van der Waals surface area contributed by atoms with Crippen molar-refractivity contribution in [1.82, 2.24) is 4.98 Å². The number of nitriles is 1. The van der Waals surface area contributed by atoms with Crippen LogP contribution < -0.4 is 15.2 Å². The Balaban J connectivity index is 2.32. The minimum Gasteiger partial charge on any atom is -0.497 e. The molecule has 0 radical (unpaired) electrons. The van der Waals surface area contributed by atoms with E-state index in [1.54, 1.807) is 12.1 Å². The summed E-state index contributed by atoms with van der Waals surface area (Å²) in [5.41, 5.74) is 5.52. The normalized spacial score (nSPS) is 9.71. The van der Waals surface area contributed by atoms with Crippen molar-refractivity contribution < 1.29 is 14.4 Å². The third-order valence-electron chi connectivity index (χ3n) is 2.54. The fourth-order valence-electron chi connectivity index (χ4n) is 1.59. The summed E-state index contributed by atoms with van der Waals surface area (Å²) in [4.78, 5) is 13.8. The maximum Gasteiger partial charge on any atom is 0.311 e. The van der Waals surface area contributed by atoms with Crippen molar-refractivity contribution in [3.8, 4) is 23.4 Å². The summed E-state index contributed by atoms with van der Waals surface area (Å²) in [7, 11) is 1.46. The molecule has 8 nitrogen and oxygen atoms in total. The Morgan fingerprint density at radius 2 is 2.05 bits per heavy atom. The van der Waals surface area contributed by atoms with Crippen LogP contribution in [0.2, 0.25) is 0 Å². The molecule has 21 heavy (non-hydrogen) atoms. The highest BCUT2D eigenvalue weighted by atomic mass is 16.6. The van der Waals surface area contributed by atoms with Gasteiger partial charge >= 0.3 is 5.69 Å². The van der Waals surface area contributed by atoms with E-state index in [-0.39, 0.29) is 17.4 Å². The molecule has 2 N–H and O–H groups in total. The van der Waals surface area contributed by atoms with E-state index in [1.807, 2.05) is 6.07 Å². The molecule has 1 aromatic carbocycles. The smallest absolute Gasteiger partial charge is 0.311 e. The summed E-state index contributed by atoms with van der Waals surface area (Å²) in [5, 5.41) is 19.6. The molecular weight excluding hydrogens is 276 g/mol. The maximum absolute atomic E-state index is 10.7. The van der Waals surface area contributed by atoms with Crippen LogP contribution in [-0.2, 0) is 0 Å². The molecule has 106 valence electrons. The fourth-order valence-corrected chi connectivity index (χ4v) is 1.59. The number of ether oxygens (including phenoxy) is 2. The van der Waals surface area contributed by atoms with E-state index in [4.69, 9.17) is 20.5 Å². The molecule has 0 unspecified atom stereocenters. The van der Waals surface area contributed by atoms with E-state index in [2.05, 4.69) is 4.98 Å². The van der Waals surface area contributed by atoms with Gasteiger partial charge in [-0.25, -0.2) is 0 Å². The Morgan fingerprint density at radius 1 is 1.33 bits per heavy atom. The quantitative estimate of drug-likeness (QED) is 0.674. The first kappa shape index (κ1) is 14.1. The Hall–Kier alpha value is -3.34. The predicted octanol–water partition coefficient (Wildman–Crippen LogP) is 2.24. The number of benzene rings is 1. The third kappa shape index (κ3) is 3.16. The van der Waals surface area contributed by atoms with Gasteiger partial charge in [-0.3, -0.25) is 10.1 Å². The molecule has 1 aromatic heterocycles. The minimum absolute atomic E-state index is 0.0789. The van der Waals surface area contributed by atoms with Gasteiger partial charge in [-0.15, -0.1) is 0 Å². The van der Waals surface area contributed by atoms with E-state index < -0.39 is 4.92 Å². The van der Waals surface area contributed by atoms with Gasteiger partial charge in [0.1, 0.15) is 11.5 Å². The van der Waals surface area contributed by atoms with Gasteiger partial charge < -0.3 is 15.2 Å². The van der Waals surface area contributed by atoms with Gasteiger partial charge in [-0.1, -0.05) is 0 Å². The van der Waals surface area contributed by atoms with E-state index in [0.717, 1.165) is 0 Å². The van der Waals surface area contributed by atoms with Crippen molar-refractivity contribution in [2.24, 2.45) is 0 Å². The molecular formula is C13H10N4O4. The van der Waals surface area contributed by atoms with Gasteiger partial charge in [0.25, 0.3) is 0 Å². The average molecular weight is 286 g/mol. The zero-order valence-electron chi connectivity index (χ0n) is 10.9. The van der Waals surface area contributed by atoms with Crippen LogP contribution in [0.15, 0.2) is 30.3 Å². The zero-order chi connectivity index (χ0) is 15.4. The molecule has 0 aliphatic rings. The second-order valence-electron chi connectivity index (χ2n) is 3.92. The van der Waals surface area contributed by atoms with Gasteiger partial charge in [0, 0.05) is 18.2 Å². The lowest BCUT2D eigenvalue weighted by atomic mass is 10.2. The molecule has 0 aliphatic carbocycles. The van der Waals surface area contributed by atoms with Gasteiger partial charge in [-0.05, 0) is 12.1 Å². The third-order valence-corrected chi connectivity index (χ3v) is 2.54. The van der Waals surface area contributed by atoms with E-state index in [9.17, 15) is 10.1 Å². The van der Waals surface area contributed by atoms with Crippen molar-refractivity contribution in [2.75, 3.05) is 12.8 Å². The summed E-state index contributed by atoms with van der Waals surface area (Å²) < 4.78 is 10.5.